The van der Waals surface area contributed by atoms with Crippen LogP contribution < -0.4 is 14.8 Å². The minimum atomic E-state index is -3.84. The van der Waals surface area contributed by atoms with Gasteiger partial charge in [0, 0.05) is 28.9 Å². The zero-order chi connectivity index (χ0) is 27.5. The van der Waals surface area contributed by atoms with Crippen LogP contribution in [0.3, 0.4) is 0 Å². The van der Waals surface area contributed by atoms with E-state index in [1.54, 1.807) is 24.3 Å². The molecule has 0 aromatic heterocycles. The van der Waals surface area contributed by atoms with Gasteiger partial charge in [-0.2, -0.15) is 4.31 Å². The maximum absolute atomic E-state index is 13.2. The molecule has 0 unspecified atom stereocenters. The average Bonchev–Trinajstić information content (AvgIpc) is 2.90. The number of nitrogens with zero attached hydrogens (tertiary/aromatic N) is 1. The molecule has 1 heterocycles. The molecule has 1 aliphatic heterocycles. The third-order valence-corrected chi connectivity index (χ3v) is 10.1. The van der Waals surface area contributed by atoms with Crippen LogP contribution in [-0.4, -0.2) is 47.2 Å². The Bertz CT molecular complexity index is 1520. The van der Waals surface area contributed by atoms with Crippen molar-refractivity contribution in [3.63, 3.8) is 0 Å². The fourth-order valence-electron chi connectivity index (χ4n) is 4.05. The van der Waals surface area contributed by atoms with Crippen LogP contribution in [0.1, 0.15) is 30.1 Å². The Kier molecular flexibility index (Phi) is 8.46. The number of halogens is 1. The molecule has 1 amide bonds. The Hall–Kier alpha value is -2.93. The first-order chi connectivity index (χ1) is 18.0. The van der Waals surface area contributed by atoms with Crippen LogP contribution in [0.5, 0.6) is 5.75 Å². The van der Waals surface area contributed by atoms with Crippen LogP contribution in [-0.2, 0) is 20.0 Å². The van der Waals surface area contributed by atoms with Gasteiger partial charge >= 0.3 is 0 Å². The van der Waals surface area contributed by atoms with Crippen molar-refractivity contribution in [1.29, 1.82) is 0 Å². The molecule has 9 nitrogen and oxygen atoms in total. The van der Waals surface area contributed by atoms with Crippen molar-refractivity contribution in [3.8, 4) is 5.75 Å². The molecule has 12 heteroatoms. The molecule has 1 saturated heterocycles. The zero-order valence-corrected chi connectivity index (χ0v) is 24.1. The van der Waals surface area contributed by atoms with Crippen LogP contribution >= 0.6 is 15.9 Å². The van der Waals surface area contributed by atoms with Gasteiger partial charge in [-0.05, 0) is 85.5 Å². The molecule has 202 valence electrons. The number of ether oxygens (including phenoxy) is 1. The predicted octanol–water partition coefficient (Wildman–Crippen LogP) is 4.93. The van der Waals surface area contributed by atoms with Crippen molar-refractivity contribution < 1.29 is 26.4 Å². The number of benzene rings is 3. The Morgan fingerprint density at radius 3 is 2.08 bits per heavy atom. The zero-order valence-electron chi connectivity index (χ0n) is 20.8. The molecule has 0 aliphatic carbocycles. The van der Waals surface area contributed by atoms with Crippen LogP contribution in [0.2, 0.25) is 0 Å². The highest BCUT2D eigenvalue weighted by Gasteiger charge is 2.29. The van der Waals surface area contributed by atoms with Gasteiger partial charge in [0.15, 0.2) is 0 Å². The maximum Gasteiger partial charge on any atom is 0.261 e. The van der Waals surface area contributed by atoms with Gasteiger partial charge in [0.05, 0.1) is 22.5 Å². The lowest BCUT2D eigenvalue weighted by Gasteiger charge is -2.29. The molecule has 0 spiro atoms. The van der Waals surface area contributed by atoms with E-state index in [9.17, 15) is 21.6 Å². The molecular weight excluding hydrogens is 594 g/mol. The summed E-state index contributed by atoms with van der Waals surface area (Å²) in [6, 6.07) is 16.5. The highest BCUT2D eigenvalue weighted by molar-refractivity contribution is 9.10. The summed E-state index contributed by atoms with van der Waals surface area (Å²) in [5.41, 5.74) is 0.789. The summed E-state index contributed by atoms with van der Waals surface area (Å²) in [5, 5.41) is 2.68. The number of sulfonamides is 2. The number of rotatable bonds is 8. The lowest BCUT2D eigenvalue weighted by Crippen LogP contribution is -2.37. The topological polar surface area (TPSA) is 122 Å². The highest BCUT2D eigenvalue weighted by atomic mass is 79.9. The van der Waals surface area contributed by atoms with Crippen LogP contribution in [0, 0.1) is 5.92 Å². The van der Waals surface area contributed by atoms with Gasteiger partial charge in [0.25, 0.3) is 15.9 Å². The number of hydrogen-bond donors (Lipinski definition) is 2. The van der Waals surface area contributed by atoms with E-state index in [-0.39, 0.29) is 21.1 Å². The SMILES string of the molecule is COc1ccc(S(=O)(=O)N2CCC(C)CC2)cc1C(=O)Nc1ccc(S(=O)(=O)Nc2ccc(Br)cc2)cc1. The largest absolute Gasteiger partial charge is 0.496 e. The number of anilines is 2. The minimum Gasteiger partial charge on any atom is -0.496 e. The second-order valence-electron chi connectivity index (χ2n) is 9.04. The van der Waals surface area contributed by atoms with E-state index < -0.39 is 26.0 Å². The maximum atomic E-state index is 13.2. The summed E-state index contributed by atoms with van der Waals surface area (Å²) < 4.78 is 61.9. The number of carbonyl (C=O) groups is 1. The lowest BCUT2D eigenvalue weighted by atomic mass is 10.0. The van der Waals surface area contributed by atoms with Gasteiger partial charge in [0.2, 0.25) is 10.0 Å². The van der Waals surface area contributed by atoms with Crippen molar-refractivity contribution >= 4 is 53.3 Å². The van der Waals surface area contributed by atoms with E-state index in [1.807, 2.05) is 0 Å². The summed E-state index contributed by atoms with van der Waals surface area (Å²) in [5.74, 6) is 0.0953. The van der Waals surface area contributed by atoms with Crippen LogP contribution in [0.4, 0.5) is 11.4 Å². The first kappa shape index (κ1) is 28.1. The van der Waals surface area contributed by atoms with Crippen molar-refractivity contribution in [1.82, 2.24) is 4.31 Å². The highest BCUT2D eigenvalue weighted by Crippen LogP contribution is 2.28. The molecule has 0 bridgehead atoms. The first-order valence-electron chi connectivity index (χ1n) is 11.9. The van der Waals surface area contributed by atoms with E-state index in [0.29, 0.717) is 30.4 Å². The fraction of sp³-hybridized carbons (Fsp3) is 0.269. The second-order valence-corrected chi connectivity index (χ2v) is 13.6. The Morgan fingerprint density at radius 2 is 1.47 bits per heavy atom. The molecule has 2 N–H and O–H groups in total. The monoisotopic (exact) mass is 621 g/mol. The lowest BCUT2D eigenvalue weighted by molar-refractivity contribution is 0.102. The minimum absolute atomic E-state index is 0.0125. The summed E-state index contributed by atoms with van der Waals surface area (Å²) in [4.78, 5) is 13.1. The molecule has 1 fully saturated rings. The van der Waals surface area contributed by atoms with Crippen molar-refractivity contribution in [2.75, 3.05) is 30.2 Å². The molecule has 1 aliphatic rings. The average molecular weight is 623 g/mol. The third kappa shape index (κ3) is 6.37. The van der Waals surface area contributed by atoms with E-state index >= 15 is 0 Å². The first-order valence-corrected chi connectivity index (χ1v) is 15.6. The van der Waals surface area contributed by atoms with Crippen LogP contribution in [0.25, 0.3) is 0 Å². The molecule has 0 saturated carbocycles. The molecule has 3 aromatic rings. The fourth-order valence-corrected chi connectivity index (χ4v) is 6.87. The normalized spacial score (nSPS) is 15.1. The van der Waals surface area contributed by atoms with Crippen molar-refractivity contribution in [2.24, 2.45) is 5.92 Å². The van der Waals surface area contributed by atoms with E-state index in [2.05, 4.69) is 32.9 Å². The van der Waals surface area contributed by atoms with Gasteiger partial charge < -0.3 is 10.1 Å². The Morgan fingerprint density at radius 1 is 0.895 bits per heavy atom. The predicted molar refractivity (Wildman–Crippen MR) is 149 cm³/mol. The van der Waals surface area contributed by atoms with E-state index in [1.165, 1.54) is 53.9 Å². The Labute approximate surface area is 231 Å². The van der Waals surface area contributed by atoms with Gasteiger partial charge in [0.1, 0.15) is 5.75 Å². The summed E-state index contributed by atoms with van der Waals surface area (Å²) in [7, 11) is -6.21. The van der Waals surface area contributed by atoms with Crippen molar-refractivity contribution in [2.45, 2.75) is 29.6 Å². The molecular formula is C26H28BrN3O6S2. The van der Waals surface area contributed by atoms with Gasteiger partial charge in [-0.25, -0.2) is 16.8 Å². The Balaban J connectivity index is 1.51. The number of methoxy groups -OCH3 is 1. The number of amides is 1. The number of hydrogen-bond acceptors (Lipinski definition) is 6. The summed E-state index contributed by atoms with van der Waals surface area (Å²) in [6.45, 7) is 2.97. The molecule has 0 atom stereocenters. The van der Waals surface area contributed by atoms with E-state index in [0.717, 1.165) is 17.3 Å². The number of carbonyl (C=O) groups excluding carboxylic acids is 1. The molecule has 3 aromatic carbocycles. The van der Waals surface area contributed by atoms with Gasteiger partial charge in [-0.1, -0.05) is 22.9 Å². The molecule has 38 heavy (non-hydrogen) atoms. The number of piperidine rings is 1. The number of nitrogens with one attached hydrogen (secondary N) is 2. The van der Waals surface area contributed by atoms with Crippen LogP contribution in [0.15, 0.2) is 81.0 Å². The summed E-state index contributed by atoms with van der Waals surface area (Å²) >= 11 is 3.31. The molecule has 4 rings (SSSR count). The van der Waals surface area contributed by atoms with Gasteiger partial charge in [-0.3, -0.25) is 9.52 Å². The van der Waals surface area contributed by atoms with Crippen molar-refractivity contribution in [3.05, 3.63) is 76.8 Å². The third-order valence-electron chi connectivity index (χ3n) is 6.31. The van der Waals surface area contributed by atoms with E-state index in [4.69, 9.17) is 4.74 Å². The van der Waals surface area contributed by atoms with Gasteiger partial charge in [-0.15, -0.1) is 0 Å². The second kappa shape index (κ2) is 11.4. The molecule has 0 radical (unpaired) electrons. The summed E-state index contributed by atoms with van der Waals surface area (Å²) in [6.07, 6.45) is 1.57. The smallest absolute Gasteiger partial charge is 0.261 e. The quantitative estimate of drug-likeness (QED) is 0.368. The standard InChI is InChI=1S/C26H28BrN3O6S2/c1-18-13-15-30(16-14-18)38(34,35)23-11-12-25(36-2)24(17-23)26(31)28-20-7-9-22(10-8-20)37(32,33)29-21-5-3-19(27)4-6-21/h3-12,17-18,29H,13-16H2,1-2H3,(H,28,31).